The van der Waals surface area contributed by atoms with Gasteiger partial charge in [0.05, 0.1) is 11.9 Å². The molecule has 1 fully saturated rings. The Bertz CT molecular complexity index is 427. The van der Waals surface area contributed by atoms with Gasteiger partial charge in [0.25, 0.3) is 0 Å². The molecule has 2 amide bonds. The molecule has 1 saturated heterocycles. The zero-order chi connectivity index (χ0) is 11.7. The summed E-state index contributed by atoms with van der Waals surface area (Å²) in [6, 6.07) is 3.15. The van der Waals surface area contributed by atoms with Gasteiger partial charge < -0.3 is 5.32 Å². The van der Waals surface area contributed by atoms with Crippen LogP contribution in [0.3, 0.4) is 0 Å². The molecule has 2 heterocycles. The second-order valence-electron chi connectivity index (χ2n) is 3.87. The van der Waals surface area contributed by atoms with Crippen molar-refractivity contribution in [3.63, 3.8) is 0 Å². The second-order valence-corrected chi connectivity index (χ2v) is 3.87. The van der Waals surface area contributed by atoms with Crippen molar-refractivity contribution < 1.29 is 9.59 Å². The van der Waals surface area contributed by atoms with E-state index in [9.17, 15) is 9.59 Å². The van der Waals surface area contributed by atoms with Gasteiger partial charge in [-0.2, -0.15) is 0 Å². The molecular formula is C11H13N3O2. The summed E-state index contributed by atoms with van der Waals surface area (Å²) in [4.78, 5) is 28.8. The maximum Gasteiger partial charge on any atom is 0.249 e. The van der Waals surface area contributed by atoms with Gasteiger partial charge in [-0.1, -0.05) is 0 Å². The maximum atomic E-state index is 11.8. The summed E-state index contributed by atoms with van der Waals surface area (Å²) in [5, 5.41) is 2.59. The van der Waals surface area contributed by atoms with Gasteiger partial charge in [-0.15, -0.1) is 0 Å². The van der Waals surface area contributed by atoms with Crippen LogP contribution in [0.4, 0.5) is 5.69 Å². The van der Waals surface area contributed by atoms with Crippen molar-refractivity contribution in [1.29, 1.82) is 0 Å². The van der Waals surface area contributed by atoms with Crippen molar-refractivity contribution in [2.24, 2.45) is 0 Å². The molecule has 5 nitrogen and oxygen atoms in total. The minimum absolute atomic E-state index is 0.0634. The molecule has 1 aliphatic heterocycles. The molecule has 0 spiro atoms. The molecule has 1 aliphatic rings. The van der Waals surface area contributed by atoms with Crippen LogP contribution in [0.2, 0.25) is 0 Å². The number of anilines is 1. The summed E-state index contributed by atoms with van der Waals surface area (Å²) in [7, 11) is 0. The number of aromatic nitrogens is 1. The molecule has 16 heavy (non-hydrogen) atoms. The Morgan fingerprint density at radius 2 is 2.19 bits per heavy atom. The number of rotatable bonds is 1. The molecule has 0 aromatic carbocycles. The summed E-state index contributed by atoms with van der Waals surface area (Å²) < 4.78 is 0. The number of amides is 2. The molecule has 1 aromatic heterocycles. The molecule has 0 saturated carbocycles. The van der Waals surface area contributed by atoms with E-state index in [1.807, 2.05) is 13.0 Å². The Morgan fingerprint density at radius 1 is 1.44 bits per heavy atom. The number of nitrogens with zero attached hydrogens (tertiary/aromatic N) is 2. The average Bonchev–Trinajstić information content (AvgIpc) is 2.25. The highest BCUT2D eigenvalue weighted by atomic mass is 16.2. The number of hydrogen-bond acceptors (Lipinski definition) is 3. The van der Waals surface area contributed by atoms with E-state index in [1.165, 1.54) is 4.90 Å². The highest BCUT2D eigenvalue weighted by molar-refractivity contribution is 6.06. The van der Waals surface area contributed by atoms with Gasteiger partial charge in [-0.3, -0.25) is 19.5 Å². The third-order valence-electron chi connectivity index (χ3n) is 2.52. The third kappa shape index (κ3) is 1.88. The van der Waals surface area contributed by atoms with Gasteiger partial charge in [0.1, 0.15) is 12.6 Å². The van der Waals surface area contributed by atoms with Crippen molar-refractivity contribution >= 4 is 17.5 Å². The lowest BCUT2D eigenvalue weighted by Crippen LogP contribution is -2.57. The second kappa shape index (κ2) is 3.92. The van der Waals surface area contributed by atoms with Crippen LogP contribution in [-0.2, 0) is 9.59 Å². The molecule has 1 atom stereocenters. The predicted octanol–water partition coefficient (Wildman–Crippen LogP) is 0.241. The van der Waals surface area contributed by atoms with Crippen molar-refractivity contribution in [3.8, 4) is 0 Å². The Kier molecular flexibility index (Phi) is 2.60. The van der Waals surface area contributed by atoms with Gasteiger partial charge in [0.15, 0.2) is 0 Å². The summed E-state index contributed by atoms with van der Waals surface area (Å²) in [5.41, 5.74) is 1.54. The molecule has 2 rings (SSSR count). The number of hydrogen-bond donors (Lipinski definition) is 1. The van der Waals surface area contributed by atoms with Crippen molar-refractivity contribution in [3.05, 3.63) is 24.0 Å². The van der Waals surface area contributed by atoms with Crippen LogP contribution in [0.25, 0.3) is 0 Å². The molecule has 5 heteroatoms. The van der Waals surface area contributed by atoms with Crippen molar-refractivity contribution in [2.45, 2.75) is 19.9 Å². The number of carbonyl (C=O) groups is 2. The zero-order valence-corrected chi connectivity index (χ0v) is 9.23. The number of piperazine rings is 1. The van der Waals surface area contributed by atoms with Gasteiger partial charge in [-0.25, -0.2) is 0 Å². The first kappa shape index (κ1) is 10.6. The van der Waals surface area contributed by atoms with Gasteiger partial charge in [0.2, 0.25) is 11.8 Å². The standard InChI is InChI=1S/C11H13N3O2/c1-7-3-4-9(5-12-7)14-6-10(15)13-8(2)11(14)16/h3-5,8H,6H2,1-2H3,(H,13,15). The topological polar surface area (TPSA) is 62.3 Å². The molecule has 0 bridgehead atoms. The fourth-order valence-electron chi connectivity index (χ4n) is 1.64. The minimum Gasteiger partial charge on any atom is -0.343 e. The van der Waals surface area contributed by atoms with E-state index in [0.29, 0.717) is 5.69 Å². The van der Waals surface area contributed by atoms with E-state index in [0.717, 1.165) is 5.69 Å². The largest absolute Gasteiger partial charge is 0.343 e. The van der Waals surface area contributed by atoms with E-state index < -0.39 is 6.04 Å². The molecule has 1 aromatic rings. The minimum atomic E-state index is -0.470. The highest BCUT2D eigenvalue weighted by Gasteiger charge is 2.30. The zero-order valence-electron chi connectivity index (χ0n) is 9.23. The summed E-state index contributed by atoms with van der Waals surface area (Å²) >= 11 is 0. The lowest BCUT2D eigenvalue weighted by molar-refractivity contribution is -0.130. The van der Waals surface area contributed by atoms with Gasteiger partial charge >= 0.3 is 0 Å². The van der Waals surface area contributed by atoms with Crippen LogP contribution >= 0.6 is 0 Å². The molecule has 0 radical (unpaired) electrons. The predicted molar refractivity (Wildman–Crippen MR) is 58.9 cm³/mol. The van der Waals surface area contributed by atoms with E-state index in [1.54, 1.807) is 19.2 Å². The van der Waals surface area contributed by atoms with Crippen LogP contribution in [-0.4, -0.2) is 29.4 Å². The average molecular weight is 219 g/mol. The van der Waals surface area contributed by atoms with E-state index in [4.69, 9.17) is 0 Å². The van der Waals surface area contributed by atoms with Crippen LogP contribution < -0.4 is 10.2 Å². The number of aryl methyl sites for hydroxylation is 1. The highest BCUT2D eigenvalue weighted by Crippen LogP contribution is 2.16. The Hall–Kier alpha value is -1.91. The first-order chi connectivity index (χ1) is 7.58. The van der Waals surface area contributed by atoms with E-state index in [-0.39, 0.29) is 18.4 Å². The number of pyridine rings is 1. The Balaban J connectivity index is 2.28. The van der Waals surface area contributed by atoms with Crippen molar-refractivity contribution in [1.82, 2.24) is 10.3 Å². The summed E-state index contributed by atoms with van der Waals surface area (Å²) in [6.07, 6.45) is 1.61. The number of carbonyl (C=O) groups excluding carboxylic acids is 2. The maximum absolute atomic E-state index is 11.8. The summed E-state index contributed by atoms with van der Waals surface area (Å²) in [6.45, 7) is 3.61. The molecule has 1 N–H and O–H groups in total. The first-order valence-corrected chi connectivity index (χ1v) is 5.11. The normalized spacial score (nSPS) is 20.9. The van der Waals surface area contributed by atoms with Crippen LogP contribution in [0.1, 0.15) is 12.6 Å². The lowest BCUT2D eigenvalue weighted by Gasteiger charge is -2.30. The molecular weight excluding hydrogens is 206 g/mol. The van der Waals surface area contributed by atoms with Crippen molar-refractivity contribution in [2.75, 3.05) is 11.4 Å². The van der Waals surface area contributed by atoms with E-state index in [2.05, 4.69) is 10.3 Å². The molecule has 0 aliphatic carbocycles. The smallest absolute Gasteiger partial charge is 0.249 e. The monoisotopic (exact) mass is 219 g/mol. The van der Waals surface area contributed by atoms with Gasteiger partial charge in [-0.05, 0) is 26.0 Å². The van der Waals surface area contributed by atoms with Crippen LogP contribution in [0, 0.1) is 6.92 Å². The Labute approximate surface area is 93.5 Å². The fourth-order valence-corrected chi connectivity index (χ4v) is 1.64. The fraction of sp³-hybridized carbons (Fsp3) is 0.364. The lowest BCUT2D eigenvalue weighted by atomic mass is 10.2. The molecule has 1 unspecified atom stereocenters. The quantitative estimate of drug-likeness (QED) is 0.736. The third-order valence-corrected chi connectivity index (χ3v) is 2.52. The van der Waals surface area contributed by atoms with Gasteiger partial charge in [0, 0.05) is 5.69 Å². The van der Waals surface area contributed by atoms with Crippen LogP contribution in [0.5, 0.6) is 0 Å². The first-order valence-electron chi connectivity index (χ1n) is 5.11. The molecule has 84 valence electrons. The van der Waals surface area contributed by atoms with Crippen LogP contribution in [0.15, 0.2) is 18.3 Å². The van der Waals surface area contributed by atoms with E-state index >= 15 is 0 Å². The Morgan fingerprint density at radius 3 is 2.81 bits per heavy atom. The summed E-state index contributed by atoms with van der Waals surface area (Å²) in [5.74, 6) is -0.252. The SMILES string of the molecule is Cc1ccc(N2CC(=O)NC(C)C2=O)cn1. The number of nitrogens with one attached hydrogen (secondary N) is 1.